The Labute approximate surface area is 176 Å². The molecule has 0 aliphatic rings. The van der Waals surface area contributed by atoms with Gasteiger partial charge < -0.3 is 5.11 Å². The highest BCUT2D eigenvalue weighted by Gasteiger charge is 2.22. The fraction of sp³-hybridized carbons (Fsp3) is 0.130. The molecule has 0 aliphatic heterocycles. The summed E-state index contributed by atoms with van der Waals surface area (Å²) in [5.74, 6) is -0.600. The summed E-state index contributed by atoms with van der Waals surface area (Å²) in [6.45, 7) is 3.81. The van der Waals surface area contributed by atoms with Gasteiger partial charge in [0.05, 0.1) is 23.6 Å². The molecule has 0 radical (unpaired) electrons. The summed E-state index contributed by atoms with van der Waals surface area (Å²) < 4.78 is 1.55. The molecule has 2 aromatic carbocycles. The summed E-state index contributed by atoms with van der Waals surface area (Å²) in [5.41, 5.74) is 3.22. The molecular weight excluding hydrogens is 398 g/mol. The maximum absolute atomic E-state index is 13.5. The molecule has 0 atom stereocenters. The Kier molecular flexibility index (Phi) is 4.94. The zero-order chi connectivity index (χ0) is 21.4. The lowest BCUT2D eigenvalue weighted by molar-refractivity contribution is 0.0701. The molecular formula is C23H17N3O3S. The van der Waals surface area contributed by atoms with E-state index < -0.39 is 5.97 Å². The second-order valence-corrected chi connectivity index (χ2v) is 8.05. The fourth-order valence-corrected chi connectivity index (χ4v) is 4.50. The molecule has 0 amide bonds. The Morgan fingerprint density at radius 1 is 1.20 bits per heavy atom. The van der Waals surface area contributed by atoms with Crippen LogP contribution in [-0.2, 0) is 6.54 Å². The van der Waals surface area contributed by atoms with Gasteiger partial charge in [0, 0.05) is 5.56 Å². The van der Waals surface area contributed by atoms with Crippen LogP contribution < -0.4 is 5.56 Å². The Bertz CT molecular complexity index is 1410. The predicted octanol–water partition coefficient (Wildman–Crippen LogP) is 4.36. The number of aryl methyl sites for hydroxylation is 2. The van der Waals surface area contributed by atoms with Gasteiger partial charge >= 0.3 is 5.97 Å². The Hall–Kier alpha value is -3.76. The van der Waals surface area contributed by atoms with E-state index in [0.717, 1.165) is 28.0 Å². The summed E-state index contributed by atoms with van der Waals surface area (Å²) in [7, 11) is 0. The quantitative estimate of drug-likeness (QED) is 0.534. The van der Waals surface area contributed by atoms with Crippen LogP contribution in [0.2, 0.25) is 0 Å². The van der Waals surface area contributed by atoms with Gasteiger partial charge in [0.25, 0.3) is 5.56 Å². The summed E-state index contributed by atoms with van der Waals surface area (Å²) in [6, 6.07) is 16.8. The second kappa shape index (κ2) is 7.58. The Morgan fingerprint density at radius 3 is 2.67 bits per heavy atom. The van der Waals surface area contributed by atoms with Crippen LogP contribution in [0.5, 0.6) is 0 Å². The lowest BCUT2D eigenvalue weighted by Crippen LogP contribution is -2.24. The van der Waals surface area contributed by atoms with E-state index in [1.807, 2.05) is 37.3 Å². The van der Waals surface area contributed by atoms with E-state index >= 15 is 0 Å². The molecule has 1 N–H and O–H groups in total. The van der Waals surface area contributed by atoms with Crippen molar-refractivity contribution in [3.8, 4) is 17.5 Å². The van der Waals surface area contributed by atoms with Crippen LogP contribution in [0.3, 0.4) is 0 Å². The number of nitriles is 1. The highest BCUT2D eigenvalue weighted by Crippen LogP contribution is 2.30. The lowest BCUT2D eigenvalue weighted by Gasteiger charge is -2.13. The first-order valence-electron chi connectivity index (χ1n) is 9.22. The smallest absolute Gasteiger partial charge is 0.346 e. The third-order valence-electron chi connectivity index (χ3n) is 4.92. The van der Waals surface area contributed by atoms with Crippen molar-refractivity contribution in [2.75, 3.05) is 0 Å². The second-order valence-electron chi connectivity index (χ2n) is 7.05. The molecule has 4 rings (SSSR count). The van der Waals surface area contributed by atoms with Crippen LogP contribution in [0.1, 0.15) is 31.9 Å². The number of nitrogens with zero attached hydrogens (tertiary/aromatic N) is 3. The molecule has 6 nitrogen and oxygen atoms in total. The zero-order valence-corrected chi connectivity index (χ0v) is 17.2. The van der Waals surface area contributed by atoms with Gasteiger partial charge in [-0.25, -0.2) is 9.78 Å². The van der Waals surface area contributed by atoms with Crippen LogP contribution in [0.25, 0.3) is 21.6 Å². The van der Waals surface area contributed by atoms with Gasteiger partial charge in [-0.3, -0.25) is 9.36 Å². The maximum Gasteiger partial charge on any atom is 0.346 e. The van der Waals surface area contributed by atoms with Gasteiger partial charge in [-0.1, -0.05) is 35.9 Å². The first-order valence-corrected chi connectivity index (χ1v) is 10.0. The molecule has 0 aliphatic carbocycles. The van der Waals surface area contributed by atoms with Crippen molar-refractivity contribution in [1.82, 2.24) is 9.55 Å². The zero-order valence-electron chi connectivity index (χ0n) is 16.3. The van der Waals surface area contributed by atoms with Gasteiger partial charge in [0.2, 0.25) is 0 Å². The summed E-state index contributed by atoms with van der Waals surface area (Å²) in [5, 5.41) is 19.0. The minimum Gasteiger partial charge on any atom is -0.477 e. The molecule has 7 heteroatoms. The fourth-order valence-electron chi connectivity index (χ4n) is 3.49. The van der Waals surface area contributed by atoms with E-state index in [4.69, 9.17) is 4.98 Å². The monoisotopic (exact) mass is 415 g/mol. The van der Waals surface area contributed by atoms with Crippen molar-refractivity contribution < 1.29 is 9.90 Å². The number of thiophene rings is 1. The van der Waals surface area contributed by atoms with E-state index in [0.29, 0.717) is 27.2 Å². The van der Waals surface area contributed by atoms with Crippen LogP contribution >= 0.6 is 11.3 Å². The first kappa shape index (κ1) is 19.6. The molecule has 4 aromatic rings. The Morgan fingerprint density at radius 2 is 1.97 bits per heavy atom. The summed E-state index contributed by atoms with van der Waals surface area (Å²) in [6.07, 6.45) is 0. The SMILES string of the molecule is Cc1cccc(-c2nc3sc(C(=O)O)c(C)c3c(=O)n2Cc2cccc(C#N)c2)c1. The molecule has 0 saturated carbocycles. The molecule has 0 fully saturated rings. The molecule has 2 heterocycles. The van der Waals surface area contributed by atoms with Crippen molar-refractivity contribution in [2.45, 2.75) is 20.4 Å². The summed E-state index contributed by atoms with van der Waals surface area (Å²) >= 11 is 1.01. The van der Waals surface area contributed by atoms with Crippen molar-refractivity contribution in [2.24, 2.45) is 0 Å². The molecule has 30 heavy (non-hydrogen) atoms. The van der Waals surface area contributed by atoms with Gasteiger partial charge in [0.15, 0.2) is 0 Å². The number of hydrogen-bond acceptors (Lipinski definition) is 5. The van der Waals surface area contributed by atoms with Crippen molar-refractivity contribution in [3.05, 3.63) is 86.0 Å². The van der Waals surface area contributed by atoms with Crippen molar-refractivity contribution >= 4 is 27.5 Å². The number of carboxylic acid groups (broad SMARTS) is 1. The maximum atomic E-state index is 13.5. The third-order valence-corrected chi connectivity index (χ3v) is 6.09. The standard InChI is InChI=1S/C23H17N3O3S/c1-13-5-3-8-17(9-13)20-25-21-18(14(2)19(30-21)23(28)29)22(27)26(20)12-16-7-4-6-15(10-16)11-24/h3-10H,12H2,1-2H3,(H,28,29). The normalized spacial score (nSPS) is 10.8. The van der Waals surface area contributed by atoms with Crippen LogP contribution in [0.4, 0.5) is 0 Å². The van der Waals surface area contributed by atoms with E-state index in [1.165, 1.54) is 0 Å². The van der Waals surface area contributed by atoms with Crippen molar-refractivity contribution in [3.63, 3.8) is 0 Å². The number of aromatic carboxylic acids is 1. The van der Waals surface area contributed by atoms with E-state index in [2.05, 4.69) is 6.07 Å². The number of fused-ring (bicyclic) bond motifs is 1. The number of hydrogen-bond donors (Lipinski definition) is 1. The minimum atomic E-state index is -1.07. The number of rotatable bonds is 4. The topological polar surface area (TPSA) is 96.0 Å². The third kappa shape index (κ3) is 3.38. The molecule has 148 valence electrons. The van der Waals surface area contributed by atoms with E-state index in [-0.39, 0.29) is 17.0 Å². The highest BCUT2D eigenvalue weighted by atomic mass is 32.1. The lowest BCUT2D eigenvalue weighted by atomic mass is 10.1. The average Bonchev–Trinajstić information content (AvgIpc) is 3.07. The average molecular weight is 415 g/mol. The first-order chi connectivity index (χ1) is 14.4. The molecule has 2 aromatic heterocycles. The van der Waals surface area contributed by atoms with Crippen LogP contribution in [0.15, 0.2) is 53.3 Å². The van der Waals surface area contributed by atoms with Crippen molar-refractivity contribution in [1.29, 1.82) is 5.26 Å². The minimum absolute atomic E-state index is 0.119. The van der Waals surface area contributed by atoms with Gasteiger partial charge in [-0.05, 0) is 43.2 Å². The number of benzene rings is 2. The van der Waals surface area contributed by atoms with E-state index in [9.17, 15) is 20.0 Å². The molecule has 0 unspecified atom stereocenters. The number of aromatic nitrogens is 2. The van der Waals surface area contributed by atoms with Crippen LogP contribution in [-0.4, -0.2) is 20.6 Å². The van der Waals surface area contributed by atoms with Gasteiger partial charge in [0.1, 0.15) is 15.5 Å². The number of carbonyl (C=O) groups is 1. The van der Waals surface area contributed by atoms with E-state index in [1.54, 1.807) is 29.7 Å². The van der Waals surface area contributed by atoms with Gasteiger partial charge in [-0.15, -0.1) is 11.3 Å². The Balaban J connectivity index is 2.02. The molecule has 0 saturated heterocycles. The largest absolute Gasteiger partial charge is 0.477 e. The molecule has 0 spiro atoms. The molecule has 0 bridgehead atoms. The highest BCUT2D eigenvalue weighted by molar-refractivity contribution is 7.20. The number of carboxylic acids is 1. The van der Waals surface area contributed by atoms with Gasteiger partial charge in [-0.2, -0.15) is 5.26 Å². The predicted molar refractivity (Wildman–Crippen MR) is 116 cm³/mol. The van der Waals surface area contributed by atoms with Crippen LogP contribution in [0, 0.1) is 25.2 Å². The summed E-state index contributed by atoms with van der Waals surface area (Å²) in [4.78, 5) is 30.3.